The smallest absolute Gasteiger partial charge is 0.412 e. The van der Waals surface area contributed by atoms with Crippen molar-refractivity contribution >= 4 is 34.8 Å². The van der Waals surface area contributed by atoms with Gasteiger partial charge in [0.25, 0.3) is 0 Å². The number of rotatable bonds is 11. The molecule has 0 saturated heterocycles. The van der Waals surface area contributed by atoms with Crippen molar-refractivity contribution in [3.05, 3.63) is 96.1 Å². The van der Waals surface area contributed by atoms with E-state index in [0.717, 1.165) is 0 Å². The summed E-state index contributed by atoms with van der Waals surface area (Å²) in [5.74, 6) is -0.391. The van der Waals surface area contributed by atoms with Crippen molar-refractivity contribution in [3.8, 4) is 5.75 Å². The molecule has 2 amide bonds. The molecule has 38 heavy (non-hydrogen) atoms. The minimum atomic E-state index is -0.782. The molecule has 0 aliphatic heterocycles. The molecule has 0 spiro atoms. The summed E-state index contributed by atoms with van der Waals surface area (Å²) >= 11 is 0. The van der Waals surface area contributed by atoms with Crippen LogP contribution in [0, 0.1) is 5.92 Å². The Hall–Kier alpha value is -4.63. The van der Waals surface area contributed by atoms with Crippen LogP contribution in [-0.2, 0) is 9.53 Å². The molecule has 0 saturated carbocycles. The lowest BCUT2D eigenvalue weighted by Gasteiger charge is -2.23. The zero-order valence-electron chi connectivity index (χ0n) is 21.2. The van der Waals surface area contributed by atoms with Gasteiger partial charge in [0, 0.05) is 17.2 Å². The van der Waals surface area contributed by atoms with Crippen LogP contribution in [0.4, 0.5) is 21.9 Å². The summed E-state index contributed by atoms with van der Waals surface area (Å²) in [7, 11) is 0. The molecule has 0 aromatic heterocycles. The summed E-state index contributed by atoms with van der Waals surface area (Å²) < 4.78 is 11.3. The fourth-order valence-corrected chi connectivity index (χ4v) is 3.60. The number of Topliss-reactive ketones (excluding diaryl/α,β-unsaturated/α-hetero) is 1. The summed E-state index contributed by atoms with van der Waals surface area (Å²) in [6, 6.07) is 20.3. The van der Waals surface area contributed by atoms with Crippen LogP contribution in [0.25, 0.3) is 0 Å². The number of ketones is 1. The van der Waals surface area contributed by atoms with E-state index in [1.54, 1.807) is 78.9 Å². The number of anilines is 3. The van der Waals surface area contributed by atoms with E-state index in [4.69, 9.17) is 20.3 Å². The van der Waals surface area contributed by atoms with Gasteiger partial charge in [-0.25, -0.2) is 4.79 Å². The third-order valence-corrected chi connectivity index (χ3v) is 5.57. The predicted molar refractivity (Wildman–Crippen MR) is 146 cm³/mol. The van der Waals surface area contributed by atoms with Crippen LogP contribution in [0.1, 0.15) is 35.9 Å². The molecule has 0 heterocycles. The maximum Gasteiger partial charge on any atom is 0.412 e. The quantitative estimate of drug-likeness (QED) is 0.160. The zero-order chi connectivity index (χ0) is 27.5. The first-order valence-corrected chi connectivity index (χ1v) is 12.0. The highest BCUT2D eigenvalue weighted by molar-refractivity contribution is 6.01. The molecule has 3 aromatic carbocycles. The minimum Gasteiger partial charge on any atom is -0.491 e. The van der Waals surface area contributed by atoms with Crippen LogP contribution in [0.5, 0.6) is 5.75 Å². The number of para-hydroxylation sites is 2. The van der Waals surface area contributed by atoms with Crippen LogP contribution < -0.4 is 21.1 Å². The van der Waals surface area contributed by atoms with Crippen LogP contribution in [-0.4, -0.2) is 36.1 Å². The van der Waals surface area contributed by atoms with Gasteiger partial charge in [0.05, 0.1) is 18.0 Å². The Bertz CT molecular complexity index is 1290. The fourth-order valence-electron chi connectivity index (χ4n) is 3.60. The monoisotopic (exact) mass is 517 g/mol. The molecule has 3 rings (SSSR count). The van der Waals surface area contributed by atoms with Gasteiger partial charge in [-0.15, -0.1) is 0 Å². The summed E-state index contributed by atoms with van der Waals surface area (Å²) in [6.07, 6.45) is 1.50. The first kappa shape index (κ1) is 27.9. The van der Waals surface area contributed by atoms with Gasteiger partial charge in [0.2, 0.25) is 5.91 Å². The average molecular weight is 518 g/mol. The van der Waals surface area contributed by atoms with E-state index in [1.807, 2.05) is 6.92 Å². The summed E-state index contributed by atoms with van der Waals surface area (Å²) in [6.45, 7) is 3.24. The lowest BCUT2D eigenvalue weighted by atomic mass is 9.96. The van der Waals surface area contributed by atoms with Crippen LogP contribution in [0.3, 0.4) is 0 Å². The SMILES string of the molecule is CC(=O)c1ccc(NC(=O)O[C@@H](c2cccc(OCCO)c2)[C@@H](C)/C=C/C(=O)Nc2ccccc2N)cc1. The van der Waals surface area contributed by atoms with Gasteiger partial charge in [-0.3, -0.25) is 14.9 Å². The number of hydrogen-bond acceptors (Lipinski definition) is 7. The Morgan fingerprint density at radius 3 is 2.42 bits per heavy atom. The van der Waals surface area contributed by atoms with E-state index >= 15 is 0 Å². The number of nitrogens with one attached hydrogen (secondary N) is 2. The largest absolute Gasteiger partial charge is 0.491 e. The first-order valence-electron chi connectivity index (χ1n) is 12.0. The van der Waals surface area contributed by atoms with E-state index in [-0.39, 0.29) is 24.9 Å². The van der Waals surface area contributed by atoms with Gasteiger partial charge in [0.1, 0.15) is 18.5 Å². The van der Waals surface area contributed by atoms with Gasteiger partial charge in [-0.2, -0.15) is 0 Å². The molecular formula is C29H31N3O6. The van der Waals surface area contributed by atoms with Crippen molar-refractivity contribution in [3.63, 3.8) is 0 Å². The van der Waals surface area contributed by atoms with Crippen LogP contribution in [0.15, 0.2) is 84.9 Å². The third-order valence-electron chi connectivity index (χ3n) is 5.57. The highest BCUT2D eigenvalue weighted by atomic mass is 16.6. The van der Waals surface area contributed by atoms with Gasteiger partial charge in [-0.05, 0) is 67.1 Å². The van der Waals surface area contributed by atoms with Gasteiger partial charge in [0.15, 0.2) is 5.78 Å². The van der Waals surface area contributed by atoms with Gasteiger partial charge in [-0.1, -0.05) is 37.3 Å². The molecule has 3 aromatic rings. The molecular weight excluding hydrogens is 486 g/mol. The maximum absolute atomic E-state index is 12.8. The lowest BCUT2D eigenvalue weighted by Crippen LogP contribution is -2.21. The minimum absolute atomic E-state index is 0.0814. The van der Waals surface area contributed by atoms with Crippen molar-refractivity contribution in [2.24, 2.45) is 5.92 Å². The number of amides is 2. The normalized spacial score (nSPS) is 12.4. The number of benzene rings is 3. The number of nitrogens with two attached hydrogens (primary N) is 1. The molecule has 198 valence electrons. The molecule has 0 bridgehead atoms. The van der Waals surface area contributed by atoms with E-state index < -0.39 is 18.1 Å². The number of aliphatic hydroxyl groups excluding tert-OH is 1. The Morgan fingerprint density at radius 1 is 1.00 bits per heavy atom. The van der Waals surface area contributed by atoms with Crippen molar-refractivity contribution < 1.29 is 29.0 Å². The standard InChI is InChI=1S/C29H31N3O6/c1-19(10-15-27(35)32-26-9-4-3-8-25(26)30)28(22-6-5-7-24(18-22)37-17-16-33)38-29(36)31-23-13-11-21(12-14-23)20(2)34/h3-15,18-19,28,33H,16-17,30H2,1-2H3,(H,31,36)(H,32,35)/b15-10+/t19-,28+/m0/s1. The predicted octanol–water partition coefficient (Wildman–Crippen LogP) is 4.96. The number of carbonyl (C=O) groups is 3. The Kier molecular flexibility index (Phi) is 10.0. The number of carbonyl (C=O) groups excluding carboxylic acids is 3. The zero-order valence-corrected chi connectivity index (χ0v) is 21.2. The third kappa shape index (κ3) is 8.21. The molecule has 2 atom stereocenters. The van der Waals surface area contributed by atoms with Crippen molar-refractivity contribution in [2.45, 2.75) is 20.0 Å². The van der Waals surface area contributed by atoms with E-state index in [1.165, 1.54) is 13.0 Å². The Morgan fingerprint density at radius 2 is 1.74 bits per heavy atom. The highest BCUT2D eigenvalue weighted by Gasteiger charge is 2.23. The maximum atomic E-state index is 12.8. The second kappa shape index (κ2) is 13.6. The summed E-state index contributed by atoms with van der Waals surface area (Å²) in [5.41, 5.74) is 8.44. The number of nitrogen functional groups attached to an aromatic ring is 1. The van der Waals surface area contributed by atoms with Crippen LogP contribution in [0.2, 0.25) is 0 Å². The second-order valence-corrected chi connectivity index (χ2v) is 8.52. The van der Waals surface area contributed by atoms with Crippen LogP contribution >= 0.6 is 0 Å². The van der Waals surface area contributed by atoms with Crippen molar-refractivity contribution in [1.82, 2.24) is 0 Å². The molecule has 0 unspecified atom stereocenters. The molecule has 9 heteroatoms. The van der Waals surface area contributed by atoms with E-state index in [9.17, 15) is 14.4 Å². The fraction of sp³-hybridized carbons (Fsp3) is 0.207. The lowest BCUT2D eigenvalue weighted by molar-refractivity contribution is -0.111. The summed E-state index contributed by atoms with van der Waals surface area (Å²) in [5, 5.41) is 14.5. The molecule has 5 N–H and O–H groups in total. The second-order valence-electron chi connectivity index (χ2n) is 8.52. The van der Waals surface area contributed by atoms with E-state index in [0.29, 0.717) is 33.9 Å². The number of hydrogen-bond donors (Lipinski definition) is 4. The Balaban J connectivity index is 1.77. The van der Waals surface area contributed by atoms with Crippen molar-refractivity contribution in [1.29, 1.82) is 0 Å². The van der Waals surface area contributed by atoms with Crippen molar-refractivity contribution in [2.75, 3.05) is 29.6 Å². The molecule has 0 aliphatic carbocycles. The molecule has 9 nitrogen and oxygen atoms in total. The number of aliphatic hydroxyl groups is 1. The van der Waals surface area contributed by atoms with Gasteiger partial charge < -0.3 is 25.6 Å². The first-order chi connectivity index (χ1) is 18.3. The average Bonchev–Trinajstić information content (AvgIpc) is 2.91. The molecule has 0 radical (unpaired) electrons. The molecule has 0 fully saturated rings. The Labute approximate surface area is 221 Å². The molecule has 0 aliphatic rings. The highest BCUT2D eigenvalue weighted by Crippen LogP contribution is 2.30. The van der Waals surface area contributed by atoms with E-state index in [2.05, 4.69) is 10.6 Å². The summed E-state index contributed by atoms with van der Waals surface area (Å²) in [4.78, 5) is 36.8. The topological polar surface area (TPSA) is 140 Å². The number of ether oxygens (including phenoxy) is 2. The van der Waals surface area contributed by atoms with Gasteiger partial charge >= 0.3 is 6.09 Å².